The number of para-hydroxylation sites is 1. The average molecular weight is 378 g/mol. The molecule has 144 valence electrons. The van der Waals surface area contributed by atoms with Gasteiger partial charge >= 0.3 is 5.97 Å². The van der Waals surface area contributed by atoms with E-state index in [9.17, 15) is 9.59 Å². The molecule has 1 aliphatic heterocycles. The zero-order valence-electron chi connectivity index (χ0n) is 15.7. The van der Waals surface area contributed by atoms with Crippen molar-refractivity contribution in [3.05, 3.63) is 64.3 Å². The standard InChI is InChI=1S/C21H22N4O3/c1-2-28-21(27)18-12-19(23-13-22-18)25-9-7-14(8-10-25)16-11-15-5-3-4-6-17(15)24-20(16)26/h3-6,11-14H,2,7-10H2,1H3,(H,24,26). The highest BCUT2D eigenvalue weighted by Gasteiger charge is 2.24. The first-order chi connectivity index (χ1) is 13.7. The van der Waals surface area contributed by atoms with Crippen LogP contribution in [0.5, 0.6) is 0 Å². The number of H-pyrrole nitrogens is 1. The summed E-state index contributed by atoms with van der Waals surface area (Å²) in [5.41, 5.74) is 1.96. The summed E-state index contributed by atoms with van der Waals surface area (Å²) in [5, 5.41) is 1.05. The Labute approximate surface area is 162 Å². The lowest BCUT2D eigenvalue weighted by Gasteiger charge is -2.32. The van der Waals surface area contributed by atoms with Gasteiger partial charge in [0.1, 0.15) is 12.1 Å². The Morgan fingerprint density at radius 3 is 2.79 bits per heavy atom. The van der Waals surface area contributed by atoms with E-state index in [-0.39, 0.29) is 17.2 Å². The SMILES string of the molecule is CCOC(=O)c1cc(N2CCC(c3cc4ccccc4[nH]c3=O)CC2)ncn1. The van der Waals surface area contributed by atoms with Crippen LogP contribution < -0.4 is 10.5 Å². The van der Waals surface area contributed by atoms with Crippen LogP contribution in [0.3, 0.4) is 0 Å². The number of benzene rings is 1. The van der Waals surface area contributed by atoms with E-state index in [0.717, 1.165) is 42.4 Å². The number of aromatic amines is 1. The van der Waals surface area contributed by atoms with Crippen molar-refractivity contribution in [3.8, 4) is 0 Å². The van der Waals surface area contributed by atoms with E-state index < -0.39 is 5.97 Å². The quantitative estimate of drug-likeness (QED) is 0.703. The predicted octanol–water partition coefficient (Wildman–Crippen LogP) is 2.88. The van der Waals surface area contributed by atoms with Gasteiger partial charge in [-0.1, -0.05) is 18.2 Å². The minimum atomic E-state index is -0.441. The van der Waals surface area contributed by atoms with E-state index in [1.54, 1.807) is 13.0 Å². The maximum Gasteiger partial charge on any atom is 0.357 e. The van der Waals surface area contributed by atoms with Gasteiger partial charge in [0.2, 0.25) is 0 Å². The molecule has 0 amide bonds. The molecule has 1 aliphatic rings. The van der Waals surface area contributed by atoms with Crippen LogP contribution in [-0.2, 0) is 4.74 Å². The van der Waals surface area contributed by atoms with Crippen LogP contribution in [0.4, 0.5) is 5.82 Å². The number of carbonyl (C=O) groups is 1. The summed E-state index contributed by atoms with van der Waals surface area (Å²) >= 11 is 0. The Morgan fingerprint density at radius 1 is 1.21 bits per heavy atom. The molecule has 7 nitrogen and oxygen atoms in total. The van der Waals surface area contributed by atoms with Gasteiger partial charge in [0.25, 0.3) is 5.56 Å². The van der Waals surface area contributed by atoms with Crippen molar-refractivity contribution in [2.24, 2.45) is 0 Å². The van der Waals surface area contributed by atoms with Crippen LogP contribution in [0, 0.1) is 0 Å². The van der Waals surface area contributed by atoms with Crippen LogP contribution in [0.1, 0.15) is 41.7 Å². The monoisotopic (exact) mass is 378 g/mol. The number of carbonyl (C=O) groups excluding carboxylic acids is 1. The number of nitrogens with one attached hydrogen (secondary N) is 1. The van der Waals surface area contributed by atoms with E-state index in [2.05, 4.69) is 19.9 Å². The number of fused-ring (bicyclic) bond motifs is 1. The van der Waals surface area contributed by atoms with E-state index in [1.807, 2.05) is 30.3 Å². The first kappa shape index (κ1) is 18.2. The van der Waals surface area contributed by atoms with Crippen LogP contribution in [0.25, 0.3) is 10.9 Å². The second-order valence-electron chi connectivity index (χ2n) is 6.88. The second kappa shape index (κ2) is 7.80. The summed E-state index contributed by atoms with van der Waals surface area (Å²) in [6.07, 6.45) is 3.09. The van der Waals surface area contributed by atoms with Crippen molar-refractivity contribution in [2.75, 3.05) is 24.6 Å². The highest BCUT2D eigenvalue weighted by Crippen LogP contribution is 2.29. The molecule has 28 heavy (non-hydrogen) atoms. The summed E-state index contributed by atoms with van der Waals surface area (Å²) < 4.78 is 5.01. The molecule has 0 aliphatic carbocycles. The van der Waals surface area contributed by atoms with Gasteiger partial charge in [-0.05, 0) is 43.2 Å². The van der Waals surface area contributed by atoms with Crippen molar-refractivity contribution in [3.63, 3.8) is 0 Å². The normalized spacial score (nSPS) is 15.0. The van der Waals surface area contributed by atoms with Crippen molar-refractivity contribution < 1.29 is 9.53 Å². The lowest BCUT2D eigenvalue weighted by Crippen LogP contribution is -2.35. The van der Waals surface area contributed by atoms with Gasteiger partial charge in [0.15, 0.2) is 5.69 Å². The molecule has 3 heterocycles. The van der Waals surface area contributed by atoms with Gasteiger partial charge in [-0.2, -0.15) is 0 Å². The topological polar surface area (TPSA) is 88.2 Å². The Kier molecular flexibility index (Phi) is 5.06. The largest absolute Gasteiger partial charge is 0.461 e. The first-order valence-electron chi connectivity index (χ1n) is 9.52. The fraction of sp³-hybridized carbons (Fsp3) is 0.333. The number of aromatic nitrogens is 3. The number of hydrogen-bond donors (Lipinski definition) is 1. The Hall–Kier alpha value is -3.22. The highest BCUT2D eigenvalue weighted by atomic mass is 16.5. The van der Waals surface area contributed by atoms with Gasteiger partial charge < -0.3 is 14.6 Å². The van der Waals surface area contributed by atoms with Crippen LogP contribution >= 0.6 is 0 Å². The van der Waals surface area contributed by atoms with E-state index in [4.69, 9.17) is 4.74 Å². The molecule has 0 spiro atoms. The molecule has 1 aromatic carbocycles. The van der Waals surface area contributed by atoms with Crippen molar-refractivity contribution in [2.45, 2.75) is 25.7 Å². The first-order valence-corrected chi connectivity index (χ1v) is 9.52. The van der Waals surface area contributed by atoms with E-state index in [0.29, 0.717) is 12.4 Å². The number of nitrogens with zero attached hydrogens (tertiary/aromatic N) is 3. The van der Waals surface area contributed by atoms with Gasteiger partial charge in [-0.3, -0.25) is 4.79 Å². The van der Waals surface area contributed by atoms with Gasteiger partial charge in [-0.25, -0.2) is 14.8 Å². The Bertz CT molecular complexity index is 1050. The van der Waals surface area contributed by atoms with E-state index >= 15 is 0 Å². The number of hydrogen-bond acceptors (Lipinski definition) is 6. The fourth-order valence-corrected chi connectivity index (χ4v) is 3.72. The van der Waals surface area contributed by atoms with Crippen molar-refractivity contribution in [1.82, 2.24) is 15.0 Å². The maximum atomic E-state index is 12.5. The maximum absolute atomic E-state index is 12.5. The van der Waals surface area contributed by atoms with Gasteiger partial charge in [-0.15, -0.1) is 0 Å². The number of esters is 1. The number of anilines is 1. The molecule has 1 saturated heterocycles. The lowest BCUT2D eigenvalue weighted by molar-refractivity contribution is 0.0519. The predicted molar refractivity (Wildman–Crippen MR) is 107 cm³/mol. The minimum Gasteiger partial charge on any atom is -0.461 e. The zero-order chi connectivity index (χ0) is 19.5. The molecule has 4 rings (SSSR count). The Morgan fingerprint density at radius 2 is 2.00 bits per heavy atom. The highest BCUT2D eigenvalue weighted by molar-refractivity contribution is 5.88. The molecule has 0 radical (unpaired) electrons. The number of piperidine rings is 1. The molecule has 0 atom stereocenters. The average Bonchev–Trinajstić information content (AvgIpc) is 2.74. The number of rotatable bonds is 4. The zero-order valence-corrected chi connectivity index (χ0v) is 15.7. The minimum absolute atomic E-state index is 0.0104. The molecule has 0 saturated carbocycles. The molecular formula is C21H22N4O3. The molecular weight excluding hydrogens is 356 g/mol. The van der Waals surface area contributed by atoms with Crippen molar-refractivity contribution in [1.29, 1.82) is 0 Å². The van der Waals surface area contributed by atoms with Crippen molar-refractivity contribution >= 4 is 22.7 Å². The number of pyridine rings is 1. The number of ether oxygens (including phenoxy) is 1. The summed E-state index contributed by atoms with van der Waals surface area (Å²) in [6, 6.07) is 11.5. The van der Waals surface area contributed by atoms with Crippen LogP contribution in [0.2, 0.25) is 0 Å². The van der Waals surface area contributed by atoms with Gasteiger partial charge in [0.05, 0.1) is 6.61 Å². The molecule has 1 fully saturated rings. The summed E-state index contributed by atoms with van der Waals surface area (Å²) in [4.78, 5) is 37.8. The molecule has 1 N–H and O–H groups in total. The summed E-state index contributed by atoms with van der Waals surface area (Å²) in [6.45, 7) is 3.59. The third-order valence-electron chi connectivity index (χ3n) is 5.18. The fourth-order valence-electron chi connectivity index (χ4n) is 3.72. The second-order valence-corrected chi connectivity index (χ2v) is 6.88. The Balaban J connectivity index is 1.49. The molecule has 7 heteroatoms. The van der Waals surface area contributed by atoms with Crippen LogP contribution in [-0.4, -0.2) is 40.6 Å². The lowest BCUT2D eigenvalue weighted by atomic mass is 9.89. The summed E-state index contributed by atoms with van der Waals surface area (Å²) in [7, 11) is 0. The molecule has 0 unspecified atom stereocenters. The third-order valence-corrected chi connectivity index (χ3v) is 5.18. The van der Waals surface area contributed by atoms with Crippen LogP contribution in [0.15, 0.2) is 47.5 Å². The van der Waals surface area contributed by atoms with Gasteiger partial charge in [0, 0.05) is 30.2 Å². The molecule has 3 aromatic rings. The molecule has 2 aromatic heterocycles. The molecule has 0 bridgehead atoms. The van der Waals surface area contributed by atoms with E-state index in [1.165, 1.54) is 6.33 Å². The third kappa shape index (κ3) is 3.60. The smallest absolute Gasteiger partial charge is 0.357 e. The summed E-state index contributed by atoms with van der Waals surface area (Å²) in [5.74, 6) is 0.476.